The molecule has 0 spiro atoms. The molecule has 76 valence electrons. The van der Waals surface area contributed by atoms with Crippen molar-refractivity contribution in [3.63, 3.8) is 0 Å². The molecular formula is C11H15NO2. The van der Waals surface area contributed by atoms with Crippen molar-refractivity contribution in [1.29, 1.82) is 0 Å². The van der Waals surface area contributed by atoms with Gasteiger partial charge in [0, 0.05) is 18.7 Å². The Kier molecular flexibility index (Phi) is 4.11. The maximum Gasteiger partial charge on any atom is 0.213 e. The van der Waals surface area contributed by atoms with E-state index in [0.29, 0.717) is 24.8 Å². The number of rotatable bonds is 5. The Bertz CT molecular complexity index is 297. The molecule has 1 aromatic heterocycles. The van der Waals surface area contributed by atoms with Crippen molar-refractivity contribution in [2.45, 2.75) is 20.3 Å². The number of pyridine rings is 1. The summed E-state index contributed by atoms with van der Waals surface area (Å²) in [5.74, 6) is 1.07. The monoisotopic (exact) mass is 193 g/mol. The molecule has 0 atom stereocenters. The Labute approximate surface area is 84.1 Å². The molecule has 3 nitrogen and oxygen atoms in total. The number of nitrogens with zero attached hydrogens (tertiary/aromatic N) is 1. The fourth-order valence-electron chi connectivity index (χ4n) is 1.00. The quantitative estimate of drug-likeness (QED) is 0.670. The molecule has 0 aliphatic carbocycles. The summed E-state index contributed by atoms with van der Waals surface area (Å²) in [5.41, 5.74) is 0.939. The highest BCUT2D eigenvalue weighted by molar-refractivity contribution is 5.54. The third-order valence-corrected chi connectivity index (χ3v) is 1.68. The van der Waals surface area contributed by atoms with Gasteiger partial charge in [0.05, 0.1) is 6.61 Å². The minimum atomic E-state index is 0.417. The molecule has 0 aliphatic heterocycles. The van der Waals surface area contributed by atoms with Crippen molar-refractivity contribution < 1.29 is 9.53 Å². The molecular weight excluding hydrogens is 178 g/mol. The minimum absolute atomic E-state index is 0.417. The van der Waals surface area contributed by atoms with E-state index in [4.69, 9.17) is 4.74 Å². The van der Waals surface area contributed by atoms with Crippen LogP contribution in [-0.2, 0) is 11.2 Å². The number of hydrogen-bond acceptors (Lipinski definition) is 3. The minimum Gasteiger partial charge on any atom is -0.477 e. The molecule has 1 heterocycles. The number of ether oxygens (including phenoxy) is 1. The maximum absolute atomic E-state index is 10.3. The normalized spacial score (nSPS) is 10.2. The summed E-state index contributed by atoms with van der Waals surface area (Å²) in [6, 6.07) is 3.62. The molecule has 14 heavy (non-hydrogen) atoms. The van der Waals surface area contributed by atoms with Gasteiger partial charge in [-0.1, -0.05) is 13.8 Å². The zero-order valence-corrected chi connectivity index (χ0v) is 8.56. The summed E-state index contributed by atoms with van der Waals surface area (Å²) in [6.07, 6.45) is 2.95. The van der Waals surface area contributed by atoms with Crippen LogP contribution in [0.15, 0.2) is 18.3 Å². The Morgan fingerprint density at radius 1 is 1.57 bits per heavy atom. The van der Waals surface area contributed by atoms with E-state index in [9.17, 15) is 4.79 Å². The van der Waals surface area contributed by atoms with Gasteiger partial charge in [0.1, 0.15) is 6.29 Å². The van der Waals surface area contributed by atoms with E-state index >= 15 is 0 Å². The van der Waals surface area contributed by atoms with E-state index in [1.807, 2.05) is 6.07 Å². The largest absolute Gasteiger partial charge is 0.477 e. The highest BCUT2D eigenvalue weighted by Crippen LogP contribution is 2.10. The van der Waals surface area contributed by atoms with Gasteiger partial charge >= 0.3 is 0 Å². The lowest BCUT2D eigenvalue weighted by Gasteiger charge is -2.07. The Morgan fingerprint density at radius 3 is 3.00 bits per heavy atom. The third-order valence-electron chi connectivity index (χ3n) is 1.68. The molecule has 0 saturated carbocycles. The van der Waals surface area contributed by atoms with Crippen LogP contribution in [0.3, 0.4) is 0 Å². The lowest BCUT2D eigenvalue weighted by molar-refractivity contribution is -0.107. The smallest absolute Gasteiger partial charge is 0.213 e. The molecule has 0 fully saturated rings. The van der Waals surface area contributed by atoms with Crippen LogP contribution in [0.25, 0.3) is 0 Å². The van der Waals surface area contributed by atoms with Gasteiger partial charge in [0.15, 0.2) is 0 Å². The van der Waals surface area contributed by atoms with Crippen molar-refractivity contribution >= 4 is 6.29 Å². The van der Waals surface area contributed by atoms with E-state index in [-0.39, 0.29) is 0 Å². The lowest BCUT2D eigenvalue weighted by Crippen LogP contribution is -2.05. The van der Waals surface area contributed by atoms with Crippen LogP contribution >= 0.6 is 0 Å². The van der Waals surface area contributed by atoms with E-state index in [1.165, 1.54) is 0 Å². The average Bonchev–Trinajstić information content (AvgIpc) is 2.16. The Hall–Kier alpha value is -1.38. The van der Waals surface area contributed by atoms with Crippen LogP contribution < -0.4 is 4.74 Å². The average molecular weight is 193 g/mol. The first-order chi connectivity index (χ1) is 6.72. The highest BCUT2D eigenvalue weighted by atomic mass is 16.5. The molecule has 0 aliphatic rings. The number of aromatic nitrogens is 1. The van der Waals surface area contributed by atoms with Gasteiger partial charge in [-0.05, 0) is 17.5 Å². The van der Waals surface area contributed by atoms with Gasteiger partial charge in [0.25, 0.3) is 0 Å². The molecule has 0 unspecified atom stereocenters. The second kappa shape index (κ2) is 5.37. The Balaban J connectivity index is 2.58. The lowest BCUT2D eigenvalue weighted by atomic mass is 10.2. The molecule has 0 amide bonds. The van der Waals surface area contributed by atoms with Gasteiger partial charge in [-0.2, -0.15) is 0 Å². The fourth-order valence-corrected chi connectivity index (χ4v) is 1.00. The molecule has 0 bridgehead atoms. The van der Waals surface area contributed by atoms with Crippen molar-refractivity contribution in [3.05, 3.63) is 23.9 Å². The fraction of sp³-hybridized carbons (Fsp3) is 0.455. The van der Waals surface area contributed by atoms with Gasteiger partial charge < -0.3 is 9.53 Å². The predicted octanol–water partition coefficient (Wildman–Crippen LogP) is 1.86. The zero-order chi connectivity index (χ0) is 10.4. The summed E-state index contributed by atoms with van der Waals surface area (Å²) < 4.78 is 5.43. The van der Waals surface area contributed by atoms with E-state index < -0.39 is 0 Å². The summed E-state index contributed by atoms with van der Waals surface area (Å²) in [4.78, 5) is 14.3. The highest BCUT2D eigenvalue weighted by Gasteiger charge is 1.99. The number of aldehydes is 1. The van der Waals surface area contributed by atoms with E-state index in [1.54, 1.807) is 12.3 Å². The molecule has 0 saturated heterocycles. The van der Waals surface area contributed by atoms with Crippen molar-refractivity contribution in [3.8, 4) is 5.88 Å². The second-order valence-corrected chi connectivity index (χ2v) is 3.58. The SMILES string of the molecule is CC(C)COc1cc(CC=O)ccn1. The van der Waals surface area contributed by atoms with Gasteiger partial charge in [-0.3, -0.25) is 0 Å². The molecule has 0 radical (unpaired) electrons. The first-order valence-electron chi connectivity index (χ1n) is 4.73. The standard InChI is InChI=1S/C11H15NO2/c1-9(2)8-14-11-7-10(4-6-13)3-5-12-11/h3,5-7,9H,4,8H2,1-2H3. The molecule has 3 heteroatoms. The number of carbonyl (C=O) groups is 1. The van der Waals surface area contributed by atoms with Crippen molar-refractivity contribution in [2.24, 2.45) is 5.92 Å². The predicted molar refractivity (Wildman–Crippen MR) is 54.3 cm³/mol. The van der Waals surface area contributed by atoms with E-state index in [2.05, 4.69) is 18.8 Å². The van der Waals surface area contributed by atoms with Crippen molar-refractivity contribution in [2.75, 3.05) is 6.61 Å². The number of hydrogen-bond donors (Lipinski definition) is 0. The van der Waals surface area contributed by atoms with Crippen LogP contribution in [0.5, 0.6) is 5.88 Å². The molecule has 0 aromatic carbocycles. The number of carbonyl (C=O) groups excluding carboxylic acids is 1. The molecule has 1 rings (SSSR count). The van der Waals surface area contributed by atoms with E-state index in [0.717, 1.165) is 11.8 Å². The summed E-state index contributed by atoms with van der Waals surface area (Å²) in [5, 5.41) is 0. The van der Waals surface area contributed by atoms with Gasteiger partial charge in [-0.25, -0.2) is 4.98 Å². The topological polar surface area (TPSA) is 39.2 Å². The van der Waals surface area contributed by atoms with Crippen molar-refractivity contribution in [1.82, 2.24) is 4.98 Å². The Morgan fingerprint density at radius 2 is 2.36 bits per heavy atom. The first-order valence-corrected chi connectivity index (χ1v) is 4.73. The van der Waals surface area contributed by atoms with Crippen LogP contribution in [0.1, 0.15) is 19.4 Å². The maximum atomic E-state index is 10.3. The van der Waals surface area contributed by atoms with Crippen LogP contribution in [0, 0.1) is 5.92 Å². The summed E-state index contributed by atoms with van der Waals surface area (Å²) in [6.45, 7) is 4.81. The molecule has 0 N–H and O–H groups in total. The van der Waals surface area contributed by atoms with Crippen LogP contribution in [0.2, 0.25) is 0 Å². The van der Waals surface area contributed by atoms with Gasteiger partial charge in [-0.15, -0.1) is 0 Å². The van der Waals surface area contributed by atoms with Crippen LogP contribution in [0.4, 0.5) is 0 Å². The second-order valence-electron chi connectivity index (χ2n) is 3.58. The summed E-state index contributed by atoms with van der Waals surface area (Å²) >= 11 is 0. The summed E-state index contributed by atoms with van der Waals surface area (Å²) in [7, 11) is 0. The zero-order valence-electron chi connectivity index (χ0n) is 8.56. The van der Waals surface area contributed by atoms with Crippen LogP contribution in [-0.4, -0.2) is 17.9 Å². The van der Waals surface area contributed by atoms with Gasteiger partial charge in [0.2, 0.25) is 5.88 Å². The third kappa shape index (κ3) is 3.56. The first kappa shape index (κ1) is 10.7. The molecule has 1 aromatic rings.